The molecule has 2 unspecified atom stereocenters. The Bertz CT molecular complexity index is 1050. The minimum absolute atomic E-state index is 0.101. The molecule has 2 bridgehead atoms. The number of amides is 3. The maximum atomic E-state index is 13.2. The second-order valence-electron chi connectivity index (χ2n) is 9.06. The van der Waals surface area contributed by atoms with Gasteiger partial charge in [0.25, 0.3) is 5.91 Å². The molecule has 1 saturated carbocycles. The quantitative estimate of drug-likeness (QED) is 0.740. The van der Waals surface area contributed by atoms with Gasteiger partial charge in [-0.3, -0.25) is 9.69 Å². The van der Waals surface area contributed by atoms with E-state index in [1.165, 1.54) is 6.42 Å². The average molecular weight is 436 g/mol. The number of fused-ring (bicyclic) bond motifs is 4. The van der Waals surface area contributed by atoms with E-state index in [2.05, 4.69) is 10.6 Å². The van der Waals surface area contributed by atoms with Gasteiger partial charge in [0.15, 0.2) is 17.2 Å². The smallest absolute Gasteiger partial charge is 0.325 e. The predicted molar refractivity (Wildman–Crippen MR) is 121 cm³/mol. The number of para-hydroxylation sites is 1. The Hall–Kier alpha value is -3.22. The number of rotatable bonds is 4. The van der Waals surface area contributed by atoms with Crippen LogP contribution in [0.2, 0.25) is 0 Å². The number of anilines is 1. The molecule has 2 aromatic rings. The fraction of sp³-hybridized carbons (Fsp3) is 0.440. The number of hydrogen-bond acceptors (Lipinski definition) is 4. The predicted octanol–water partition coefficient (Wildman–Crippen LogP) is 4.53. The van der Waals surface area contributed by atoms with E-state index in [9.17, 15) is 9.59 Å². The lowest BCUT2D eigenvalue weighted by Gasteiger charge is -2.50. The number of ether oxygens (including phenoxy) is 2. The van der Waals surface area contributed by atoms with E-state index < -0.39 is 5.72 Å². The topological polar surface area (TPSA) is 79.9 Å². The Morgan fingerprint density at radius 2 is 1.97 bits per heavy atom. The van der Waals surface area contributed by atoms with Crippen LogP contribution in [0.15, 0.2) is 42.5 Å². The molecule has 0 radical (unpaired) electrons. The summed E-state index contributed by atoms with van der Waals surface area (Å²) >= 11 is 0. The molecule has 2 aromatic carbocycles. The summed E-state index contributed by atoms with van der Waals surface area (Å²) < 4.78 is 11.9. The van der Waals surface area contributed by atoms with Crippen LogP contribution in [-0.4, -0.2) is 30.8 Å². The first-order chi connectivity index (χ1) is 15.5. The van der Waals surface area contributed by atoms with Gasteiger partial charge in [0.2, 0.25) is 0 Å². The maximum Gasteiger partial charge on any atom is 0.325 e. The third kappa shape index (κ3) is 3.55. The van der Waals surface area contributed by atoms with E-state index in [1.807, 2.05) is 37.3 Å². The van der Waals surface area contributed by atoms with Crippen molar-refractivity contribution >= 4 is 17.6 Å². The van der Waals surface area contributed by atoms with Crippen LogP contribution in [0.3, 0.4) is 0 Å². The highest BCUT2D eigenvalue weighted by atomic mass is 16.5. The highest BCUT2D eigenvalue weighted by molar-refractivity contribution is 5.99. The minimum Gasteiger partial charge on any atom is -0.493 e. The zero-order valence-corrected chi connectivity index (χ0v) is 18.5. The first-order valence-electron chi connectivity index (χ1n) is 11.4. The largest absolute Gasteiger partial charge is 0.493 e. The normalized spacial score (nSPS) is 24.8. The van der Waals surface area contributed by atoms with Crippen molar-refractivity contribution in [1.29, 1.82) is 0 Å². The summed E-state index contributed by atoms with van der Waals surface area (Å²) in [6, 6.07) is 12.7. The molecule has 0 aromatic heterocycles. The van der Waals surface area contributed by atoms with Gasteiger partial charge in [-0.1, -0.05) is 37.5 Å². The van der Waals surface area contributed by atoms with E-state index in [1.54, 1.807) is 24.1 Å². The van der Waals surface area contributed by atoms with Crippen molar-refractivity contribution in [2.45, 2.75) is 63.3 Å². The number of carbonyl (C=O) groups is 2. The van der Waals surface area contributed by atoms with Crippen molar-refractivity contribution in [3.8, 4) is 11.5 Å². The number of benzene rings is 2. The Morgan fingerprint density at radius 3 is 2.75 bits per heavy atom. The Balaban J connectivity index is 1.44. The second kappa shape index (κ2) is 8.04. The number of urea groups is 1. The van der Waals surface area contributed by atoms with Gasteiger partial charge in [-0.2, -0.15) is 0 Å². The van der Waals surface area contributed by atoms with Gasteiger partial charge in [0.05, 0.1) is 18.8 Å². The van der Waals surface area contributed by atoms with Crippen molar-refractivity contribution < 1.29 is 19.1 Å². The Labute approximate surface area is 188 Å². The van der Waals surface area contributed by atoms with E-state index in [0.717, 1.165) is 31.2 Å². The number of hydrogen-bond donors (Lipinski definition) is 2. The fourth-order valence-electron chi connectivity index (χ4n) is 5.21. The number of nitrogens with zero attached hydrogens (tertiary/aromatic N) is 1. The van der Waals surface area contributed by atoms with E-state index >= 15 is 0 Å². The number of nitrogens with one attached hydrogen (secondary N) is 2. The zero-order valence-electron chi connectivity index (χ0n) is 18.5. The van der Waals surface area contributed by atoms with Crippen LogP contribution in [0.1, 0.15) is 67.4 Å². The molecule has 3 aliphatic rings. The monoisotopic (exact) mass is 435 g/mol. The molecule has 5 rings (SSSR count). The van der Waals surface area contributed by atoms with Crippen molar-refractivity contribution in [3.63, 3.8) is 0 Å². The summed E-state index contributed by atoms with van der Waals surface area (Å²) in [7, 11) is 1.61. The average Bonchev–Trinajstić information content (AvgIpc) is 2.79. The van der Waals surface area contributed by atoms with Crippen molar-refractivity contribution in [1.82, 2.24) is 10.6 Å². The molecule has 1 aliphatic carbocycles. The van der Waals surface area contributed by atoms with E-state index in [0.29, 0.717) is 29.2 Å². The van der Waals surface area contributed by atoms with Gasteiger partial charge in [0, 0.05) is 23.6 Å². The SMILES string of the molecule is COc1cccc2c1OC1(C)CC2NC(=O)N1c1cccc(C(=O)NC2CCCCC2)c1. The molecule has 2 heterocycles. The molecule has 168 valence electrons. The lowest BCUT2D eigenvalue weighted by atomic mass is 9.89. The van der Waals surface area contributed by atoms with Crippen LogP contribution >= 0.6 is 0 Å². The lowest BCUT2D eigenvalue weighted by Crippen LogP contribution is -2.65. The maximum absolute atomic E-state index is 13.2. The van der Waals surface area contributed by atoms with Crippen LogP contribution in [-0.2, 0) is 0 Å². The van der Waals surface area contributed by atoms with Crippen LogP contribution in [0.4, 0.5) is 10.5 Å². The van der Waals surface area contributed by atoms with Crippen LogP contribution in [0.5, 0.6) is 11.5 Å². The summed E-state index contributed by atoms with van der Waals surface area (Å²) in [5.41, 5.74) is 1.17. The zero-order chi connectivity index (χ0) is 22.3. The van der Waals surface area contributed by atoms with Crippen LogP contribution in [0, 0.1) is 0 Å². The Kier molecular flexibility index (Phi) is 5.19. The van der Waals surface area contributed by atoms with Gasteiger partial charge in [-0.25, -0.2) is 4.79 Å². The second-order valence-corrected chi connectivity index (χ2v) is 9.06. The summed E-state index contributed by atoms with van der Waals surface area (Å²) in [4.78, 5) is 27.7. The molecule has 32 heavy (non-hydrogen) atoms. The third-order valence-electron chi connectivity index (χ3n) is 6.79. The van der Waals surface area contributed by atoms with Gasteiger partial charge >= 0.3 is 6.03 Å². The van der Waals surface area contributed by atoms with Gasteiger partial charge in [-0.05, 0) is 44.0 Å². The highest BCUT2D eigenvalue weighted by Crippen LogP contribution is 2.49. The van der Waals surface area contributed by atoms with Crippen molar-refractivity contribution in [3.05, 3.63) is 53.6 Å². The molecular formula is C25H29N3O4. The molecule has 1 saturated heterocycles. The molecule has 0 spiro atoms. The molecule has 7 nitrogen and oxygen atoms in total. The first-order valence-corrected chi connectivity index (χ1v) is 11.4. The number of carbonyl (C=O) groups excluding carboxylic acids is 2. The first kappa shape index (κ1) is 20.7. The summed E-state index contributed by atoms with van der Waals surface area (Å²) in [6.45, 7) is 1.91. The van der Waals surface area contributed by atoms with E-state index in [-0.39, 0.29) is 24.0 Å². The minimum atomic E-state index is -0.910. The third-order valence-corrected chi connectivity index (χ3v) is 6.79. The summed E-state index contributed by atoms with van der Waals surface area (Å²) in [6.07, 6.45) is 6.17. The van der Waals surface area contributed by atoms with Gasteiger partial charge in [-0.15, -0.1) is 0 Å². The summed E-state index contributed by atoms with van der Waals surface area (Å²) in [5, 5.41) is 6.25. The van der Waals surface area contributed by atoms with Gasteiger partial charge < -0.3 is 20.1 Å². The molecule has 2 atom stereocenters. The number of methoxy groups -OCH3 is 1. The Morgan fingerprint density at radius 1 is 1.19 bits per heavy atom. The van der Waals surface area contributed by atoms with E-state index in [4.69, 9.17) is 9.47 Å². The van der Waals surface area contributed by atoms with Gasteiger partial charge in [0.1, 0.15) is 0 Å². The standard InChI is InChI=1S/C25H29N3O4/c1-25-15-20(19-12-7-13-21(31-2)22(19)32-25)27-24(30)28(25)18-11-6-8-16(14-18)23(29)26-17-9-4-3-5-10-17/h6-8,11-14,17,20H,3-5,9-10,15H2,1-2H3,(H,26,29)(H,27,30). The highest BCUT2D eigenvalue weighted by Gasteiger charge is 2.50. The van der Waals surface area contributed by atoms with Crippen LogP contribution < -0.4 is 25.0 Å². The lowest BCUT2D eigenvalue weighted by molar-refractivity contribution is 0.0349. The van der Waals surface area contributed by atoms with Crippen molar-refractivity contribution in [2.24, 2.45) is 0 Å². The molecule has 2 aliphatic heterocycles. The van der Waals surface area contributed by atoms with Crippen molar-refractivity contribution in [2.75, 3.05) is 12.0 Å². The molecular weight excluding hydrogens is 406 g/mol. The fourth-order valence-corrected chi connectivity index (χ4v) is 5.21. The molecule has 3 amide bonds. The molecule has 2 N–H and O–H groups in total. The molecule has 2 fully saturated rings. The summed E-state index contributed by atoms with van der Waals surface area (Å²) in [5.74, 6) is 1.18. The molecule has 7 heteroatoms. The van der Waals surface area contributed by atoms with Crippen LogP contribution in [0.25, 0.3) is 0 Å².